The third-order valence-corrected chi connectivity index (χ3v) is 4.53. The lowest BCUT2D eigenvalue weighted by Gasteiger charge is -2.32. The standard InChI is InChI=1S/C17H24FIN2O2/c1-17(2,3)23-16(22)20-13-6-8-21(9-7-13)11-12-4-5-14(18)15(19)10-12/h4-5,10,13H,6-9,11H2,1-3H3,(H,20,22). The van der Waals surface area contributed by atoms with Crippen molar-refractivity contribution in [1.82, 2.24) is 10.2 Å². The fourth-order valence-electron chi connectivity index (χ4n) is 2.61. The van der Waals surface area contributed by atoms with Crippen molar-refractivity contribution < 1.29 is 13.9 Å². The number of rotatable bonds is 3. The first-order valence-electron chi connectivity index (χ1n) is 7.89. The van der Waals surface area contributed by atoms with E-state index in [0.717, 1.165) is 38.0 Å². The maximum atomic E-state index is 13.3. The molecule has 0 atom stereocenters. The van der Waals surface area contributed by atoms with Crippen LogP contribution in [0.25, 0.3) is 0 Å². The van der Waals surface area contributed by atoms with Gasteiger partial charge in [-0.1, -0.05) is 6.07 Å². The van der Waals surface area contributed by atoms with Crippen LogP contribution in [0.4, 0.5) is 9.18 Å². The smallest absolute Gasteiger partial charge is 0.407 e. The number of likely N-dealkylation sites (tertiary alicyclic amines) is 1. The molecular formula is C17H24FIN2O2. The van der Waals surface area contributed by atoms with Crippen molar-refractivity contribution in [1.29, 1.82) is 0 Å². The number of nitrogens with zero attached hydrogens (tertiary/aromatic N) is 1. The van der Waals surface area contributed by atoms with Crippen LogP contribution < -0.4 is 5.32 Å². The van der Waals surface area contributed by atoms with Crippen LogP contribution in [0, 0.1) is 9.39 Å². The Labute approximate surface area is 150 Å². The molecule has 2 rings (SSSR count). The first kappa shape index (κ1) is 18.4. The number of benzene rings is 1. The average molecular weight is 434 g/mol. The van der Waals surface area contributed by atoms with Gasteiger partial charge in [-0.3, -0.25) is 4.90 Å². The SMILES string of the molecule is CC(C)(C)OC(=O)NC1CCN(Cc2ccc(F)c(I)c2)CC1. The zero-order valence-corrected chi connectivity index (χ0v) is 16.0. The molecule has 0 spiro atoms. The van der Waals surface area contributed by atoms with Gasteiger partial charge in [0.2, 0.25) is 0 Å². The van der Waals surface area contributed by atoms with E-state index >= 15 is 0 Å². The highest BCUT2D eigenvalue weighted by Gasteiger charge is 2.23. The summed E-state index contributed by atoms with van der Waals surface area (Å²) in [5.41, 5.74) is 0.652. The molecule has 1 saturated heterocycles. The maximum absolute atomic E-state index is 13.3. The molecule has 0 saturated carbocycles. The Balaban J connectivity index is 1.77. The van der Waals surface area contributed by atoms with Crippen LogP contribution in [0.2, 0.25) is 0 Å². The molecule has 1 amide bonds. The predicted molar refractivity (Wildman–Crippen MR) is 96.8 cm³/mol. The molecule has 23 heavy (non-hydrogen) atoms. The number of amides is 1. The van der Waals surface area contributed by atoms with Gasteiger partial charge in [0.15, 0.2) is 0 Å². The molecule has 0 unspecified atom stereocenters. The summed E-state index contributed by atoms with van der Waals surface area (Å²) in [5.74, 6) is -0.172. The third-order valence-electron chi connectivity index (χ3n) is 3.70. The van der Waals surface area contributed by atoms with Crippen molar-refractivity contribution in [3.05, 3.63) is 33.1 Å². The van der Waals surface area contributed by atoms with E-state index in [1.807, 2.05) is 55.5 Å². The molecule has 1 aliphatic rings. The molecule has 0 bridgehead atoms. The largest absolute Gasteiger partial charge is 0.444 e. The average Bonchev–Trinajstić information content (AvgIpc) is 2.43. The number of piperidine rings is 1. The van der Waals surface area contributed by atoms with Crippen LogP contribution in [-0.2, 0) is 11.3 Å². The summed E-state index contributed by atoms with van der Waals surface area (Å²) >= 11 is 2.02. The van der Waals surface area contributed by atoms with Crippen LogP contribution in [0.1, 0.15) is 39.2 Å². The predicted octanol–water partition coefficient (Wildman–Crippen LogP) is 3.92. The molecule has 1 aromatic carbocycles. The van der Waals surface area contributed by atoms with Gasteiger partial charge in [0.1, 0.15) is 11.4 Å². The van der Waals surface area contributed by atoms with E-state index in [1.54, 1.807) is 0 Å². The van der Waals surface area contributed by atoms with Gasteiger partial charge in [-0.2, -0.15) is 0 Å². The summed E-state index contributed by atoms with van der Waals surface area (Å²) in [6.45, 7) is 8.22. The number of alkyl carbamates (subject to hydrolysis) is 1. The molecule has 0 radical (unpaired) electrons. The number of halogens is 2. The van der Waals surface area contributed by atoms with Crippen LogP contribution in [-0.4, -0.2) is 35.7 Å². The fraction of sp³-hybridized carbons (Fsp3) is 0.588. The lowest BCUT2D eigenvalue weighted by atomic mass is 10.0. The minimum Gasteiger partial charge on any atom is -0.444 e. The lowest BCUT2D eigenvalue weighted by Crippen LogP contribution is -2.45. The van der Waals surface area contributed by atoms with Gasteiger partial charge >= 0.3 is 6.09 Å². The van der Waals surface area contributed by atoms with E-state index in [0.29, 0.717) is 3.57 Å². The minimum absolute atomic E-state index is 0.162. The Kier molecular flexibility index (Phi) is 6.25. The molecule has 0 aliphatic carbocycles. The topological polar surface area (TPSA) is 41.6 Å². The lowest BCUT2D eigenvalue weighted by molar-refractivity contribution is 0.0477. The van der Waals surface area contributed by atoms with E-state index in [9.17, 15) is 9.18 Å². The number of nitrogens with one attached hydrogen (secondary N) is 1. The summed E-state index contributed by atoms with van der Waals surface area (Å²) in [6.07, 6.45) is 1.46. The molecule has 1 N–H and O–H groups in total. The zero-order chi connectivity index (χ0) is 17.0. The molecule has 1 heterocycles. The van der Waals surface area contributed by atoms with Crippen molar-refractivity contribution in [2.45, 2.75) is 51.8 Å². The summed E-state index contributed by atoms with van der Waals surface area (Å²) in [5, 5.41) is 2.94. The van der Waals surface area contributed by atoms with Crippen molar-refractivity contribution in [2.75, 3.05) is 13.1 Å². The number of carbonyl (C=O) groups is 1. The van der Waals surface area contributed by atoms with Crippen molar-refractivity contribution >= 4 is 28.7 Å². The Bertz CT molecular complexity index is 552. The van der Waals surface area contributed by atoms with Gasteiger partial charge in [0, 0.05) is 29.2 Å². The second kappa shape index (κ2) is 7.79. The summed E-state index contributed by atoms with van der Waals surface area (Å²) in [6, 6.07) is 5.41. The molecule has 6 heteroatoms. The Morgan fingerprint density at radius 3 is 2.61 bits per heavy atom. The van der Waals surface area contributed by atoms with E-state index in [-0.39, 0.29) is 18.0 Å². The number of ether oxygens (including phenoxy) is 1. The highest BCUT2D eigenvalue weighted by Crippen LogP contribution is 2.18. The summed E-state index contributed by atoms with van der Waals surface area (Å²) < 4.78 is 19.2. The number of hydrogen-bond donors (Lipinski definition) is 1. The van der Waals surface area contributed by atoms with Gasteiger partial charge in [-0.15, -0.1) is 0 Å². The molecule has 4 nitrogen and oxygen atoms in total. The first-order chi connectivity index (χ1) is 10.7. The highest BCUT2D eigenvalue weighted by atomic mass is 127. The Morgan fingerprint density at radius 1 is 1.39 bits per heavy atom. The minimum atomic E-state index is -0.468. The Morgan fingerprint density at radius 2 is 2.04 bits per heavy atom. The summed E-state index contributed by atoms with van der Waals surface area (Å²) in [4.78, 5) is 14.1. The number of carbonyl (C=O) groups excluding carboxylic acids is 1. The molecule has 1 aliphatic heterocycles. The van der Waals surface area contributed by atoms with Crippen LogP contribution in [0.15, 0.2) is 18.2 Å². The zero-order valence-electron chi connectivity index (χ0n) is 13.9. The fourth-order valence-corrected chi connectivity index (χ4v) is 3.19. The monoisotopic (exact) mass is 434 g/mol. The van der Waals surface area contributed by atoms with Gasteiger partial charge in [0.25, 0.3) is 0 Å². The second-order valence-corrected chi connectivity index (χ2v) is 8.11. The van der Waals surface area contributed by atoms with Gasteiger partial charge in [0.05, 0.1) is 0 Å². The molecular weight excluding hydrogens is 410 g/mol. The molecule has 0 aromatic heterocycles. The van der Waals surface area contributed by atoms with E-state index in [2.05, 4.69) is 10.2 Å². The van der Waals surface area contributed by atoms with Crippen LogP contribution in [0.5, 0.6) is 0 Å². The van der Waals surface area contributed by atoms with Gasteiger partial charge in [-0.25, -0.2) is 9.18 Å². The molecule has 1 aromatic rings. The van der Waals surface area contributed by atoms with Crippen LogP contribution >= 0.6 is 22.6 Å². The normalized spacial score (nSPS) is 17.1. The van der Waals surface area contributed by atoms with E-state index < -0.39 is 5.60 Å². The van der Waals surface area contributed by atoms with E-state index in [1.165, 1.54) is 6.07 Å². The van der Waals surface area contributed by atoms with Crippen LogP contribution in [0.3, 0.4) is 0 Å². The van der Waals surface area contributed by atoms with Crippen molar-refractivity contribution in [3.8, 4) is 0 Å². The highest BCUT2D eigenvalue weighted by molar-refractivity contribution is 14.1. The molecule has 1 fully saturated rings. The van der Waals surface area contributed by atoms with Gasteiger partial charge < -0.3 is 10.1 Å². The number of hydrogen-bond acceptors (Lipinski definition) is 3. The maximum Gasteiger partial charge on any atom is 0.407 e. The third kappa shape index (κ3) is 6.25. The second-order valence-electron chi connectivity index (χ2n) is 6.95. The van der Waals surface area contributed by atoms with Gasteiger partial charge in [-0.05, 0) is 73.9 Å². The van der Waals surface area contributed by atoms with Crippen molar-refractivity contribution in [2.24, 2.45) is 0 Å². The first-order valence-corrected chi connectivity index (χ1v) is 8.96. The van der Waals surface area contributed by atoms with E-state index in [4.69, 9.17) is 4.74 Å². The summed E-state index contributed by atoms with van der Waals surface area (Å²) in [7, 11) is 0. The Hall–Kier alpha value is -0.890. The quantitative estimate of drug-likeness (QED) is 0.734. The molecule has 128 valence electrons. The van der Waals surface area contributed by atoms with Crippen molar-refractivity contribution in [3.63, 3.8) is 0 Å².